The van der Waals surface area contributed by atoms with E-state index < -0.39 is 5.97 Å². The first-order valence-corrected chi connectivity index (χ1v) is 8.25. The maximum Gasteiger partial charge on any atom is 0.339 e. The molecule has 0 atom stereocenters. The van der Waals surface area contributed by atoms with Crippen molar-refractivity contribution in [3.05, 3.63) is 65.0 Å². The molecule has 1 aliphatic heterocycles. The van der Waals surface area contributed by atoms with Crippen molar-refractivity contribution in [1.82, 2.24) is 9.80 Å². The molecule has 25 heavy (non-hydrogen) atoms. The zero-order valence-corrected chi connectivity index (χ0v) is 13.9. The van der Waals surface area contributed by atoms with E-state index in [-0.39, 0.29) is 17.1 Å². The van der Waals surface area contributed by atoms with Crippen molar-refractivity contribution in [2.75, 3.05) is 26.2 Å². The highest BCUT2D eigenvalue weighted by Gasteiger charge is 2.18. The second-order valence-electron chi connectivity index (χ2n) is 6.34. The van der Waals surface area contributed by atoms with E-state index in [9.17, 15) is 14.3 Å². The average molecular weight is 344 g/mol. The summed E-state index contributed by atoms with van der Waals surface area (Å²) in [7, 11) is 0. The molecule has 1 aliphatic rings. The highest BCUT2D eigenvalue weighted by atomic mass is 19.1. The van der Waals surface area contributed by atoms with Crippen LogP contribution in [0.25, 0.3) is 0 Å². The molecular weight excluding hydrogens is 323 g/mol. The van der Waals surface area contributed by atoms with Gasteiger partial charge in [-0.2, -0.15) is 0 Å². The van der Waals surface area contributed by atoms with Crippen LogP contribution < -0.4 is 0 Å². The van der Waals surface area contributed by atoms with Crippen molar-refractivity contribution >= 4 is 5.97 Å². The van der Waals surface area contributed by atoms with Crippen LogP contribution in [0.5, 0.6) is 5.75 Å². The standard InChI is InChI=1S/C19H21FN2O3/c20-16-3-1-2-14(10-16)12-21-6-8-22(9-7-21)13-15-4-5-18(23)17(11-15)19(24)25/h1-5,10-11,23H,6-9,12-13H2,(H,24,25). The Kier molecular flexibility index (Phi) is 5.31. The van der Waals surface area contributed by atoms with Gasteiger partial charge in [0.05, 0.1) is 0 Å². The van der Waals surface area contributed by atoms with Gasteiger partial charge in [-0.05, 0) is 35.4 Å². The fraction of sp³-hybridized carbons (Fsp3) is 0.316. The number of hydrogen-bond donors (Lipinski definition) is 2. The Morgan fingerprint density at radius 1 is 0.960 bits per heavy atom. The molecule has 0 amide bonds. The van der Waals surface area contributed by atoms with Gasteiger partial charge in [-0.15, -0.1) is 0 Å². The molecule has 132 valence electrons. The normalized spacial score (nSPS) is 16.0. The largest absolute Gasteiger partial charge is 0.507 e. The van der Waals surface area contributed by atoms with Gasteiger partial charge in [0.1, 0.15) is 17.1 Å². The first-order chi connectivity index (χ1) is 12.0. The summed E-state index contributed by atoms with van der Waals surface area (Å²) >= 11 is 0. The fourth-order valence-corrected chi connectivity index (χ4v) is 3.11. The summed E-state index contributed by atoms with van der Waals surface area (Å²) in [6.45, 7) is 4.85. The van der Waals surface area contributed by atoms with Crippen LogP contribution in [0.4, 0.5) is 4.39 Å². The van der Waals surface area contributed by atoms with E-state index in [1.807, 2.05) is 6.07 Å². The third-order valence-electron chi connectivity index (χ3n) is 4.46. The fourth-order valence-electron chi connectivity index (χ4n) is 3.11. The SMILES string of the molecule is O=C(O)c1cc(CN2CCN(Cc3cccc(F)c3)CC2)ccc1O. The van der Waals surface area contributed by atoms with E-state index in [4.69, 9.17) is 5.11 Å². The van der Waals surface area contributed by atoms with Crippen LogP contribution in [0.3, 0.4) is 0 Å². The average Bonchev–Trinajstić information content (AvgIpc) is 2.58. The Bertz CT molecular complexity index is 758. The number of benzene rings is 2. The van der Waals surface area contributed by atoms with E-state index >= 15 is 0 Å². The highest BCUT2D eigenvalue weighted by Crippen LogP contribution is 2.20. The van der Waals surface area contributed by atoms with Crippen LogP contribution in [-0.2, 0) is 13.1 Å². The van der Waals surface area contributed by atoms with E-state index in [0.717, 1.165) is 43.9 Å². The van der Waals surface area contributed by atoms with Crippen LogP contribution in [-0.4, -0.2) is 52.2 Å². The van der Waals surface area contributed by atoms with Gasteiger partial charge in [-0.1, -0.05) is 18.2 Å². The molecule has 1 fully saturated rings. The summed E-state index contributed by atoms with van der Waals surface area (Å²) in [6.07, 6.45) is 0. The molecule has 2 aromatic carbocycles. The molecule has 0 saturated carbocycles. The number of phenols is 1. The summed E-state index contributed by atoms with van der Waals surface area (Å²) in [5, 5.41) is 18.7. The van der Waals surface area contributed by atoms with E-state index in [0.29, 0.717) is 6.54 Å². The molecule has 2 N–H and O–H groups in total. The number of carbonyl (C=O) groups is 1. The van der Waals surface area contributed by atoms with Gasteiger partial charge in [-0.25, -0.2) is 9.18 Å². The van der Waals surface area contributed by atoms with Crippen LogP contribution in [0, 0.1) is 5.82 Å². The lowest BCUT2D eigenvalue weighted by Crippen LogP contribution is -2.45. The van der Waals surface area contributed by atoms with Crippen molar-refractivity contribution in [2.45, 2.75) is 13.1 Å². The number of carboxylic acids is 1. The second kappa shape index (κ2) is 7.63. The van der Waals surface area contributed by atoms with E-state index in [1.165, 1.54) is 18.2 Å². The number of carboxylic acid groups (broad SMARTS) is 1. The quantitative estimate of drug-likeness (QED) is 0.873. The lowest BCUT2D eigenvalue weighted by Gasteiger charge is -2.34. The minimum Gasteiger partial charge on any atom is -0.507 e. The number of nitrogens with zero attached hydrogens (tertiary/aromatic N) is 2. The second-order valence-corrected chi connectivity index (χ2v) is 6.34. The van der Waals surface area contributed by atoms with Gasteiger partial charge < -0.3 is 10.2 Å². The lowest BCUT2D eigenvalue weighted by atomic mass is 10.1. The Morgan fingerprint density at radius 3 is 2.12 bits per heavy atom. The molecule has 1 saturated heterocycles. The van der Waals surface area contributed by atoms with Gasteiger partial charge in [-0.3, -0.25) is 9.80 Å². The highest BCUT2D eigenvalue weighted by molar-refractivity contribution is 5.90. The molecule has 1 heterocycles. The Labute approximate surface area is 145 Å². The number of hydrogen-bond acceptors (Lipinski definition) is 4. The maximum absolute atomic E-state index is 13.3. The summed E-state index contributed by atoms with van der Waals surface area (Å²) in [6, 6.07) is 11.4. The Hall–Kier alpha value is -2.44. The third kappa shape index (κ3) is 4.55. The minimum atomic E-state index is -1.13. The molecule has 0 bridgehead atoms. The van der Waals surface area contributed by atoms with Gasteiger partial charge in [0.15, 0.2) is 0 Å². The monoisotopic (exact) mass is 344 g/mol. The summed E-state index contributed by atoms with van der Waals surface area (Å²) in [5.41, 5.74) is 1.77. The van der Waals surface area contributed by atoms with E-state index in [1.54, 1.807) is 18.2 Å². The van der Waals surface area contributed by atoms with Crippen molar-refractivity contribution in [3.8, 4) is 5.75 Å². The summed E-state index contributed by atoms with van der Waals surface area (Å²) < 4.78 is 13.3. The molecule has 6 heteroatoms. The van der Waals surface area contributed by atoms with Crippen molar-refractivity contribution in [2.24, 2.45) is 0 Å². The Balaban J connectivity index is 1.54. The molecule has 0 radical (unpaired) electrons. The van der Waals surface area contributed by atoms with Crippen LogP contribution >= 0.6 is 0 Å². The summed E-state index contributed by atoms with van der Waals surface area (Å²) in [5.74, 6) is -1.55. The molecule has 5 nitrogen and oxygen atoms in total. The zero-order valence-electron chi connectivity index (χ0n) is 13.9. The van der Waals surface area contributed by atoms with Crippen LogP contribution in [0.15, 0.2) is 42.5 Å². The van der Waals surface area contributed by atoms with Gasteiger partial charge in [0.2, 0.25) is 0 Å². The molecule has 2 aromatic rings. The minimum absolute atomic E-state index is 0.0674. The molecule has 0 spiro atoms. The first-order valence-electron chi connectivity index (χ1n) is 8.25. The molecule has 3 rings (SSSR count). The molecule has 0 aromatic heterocycles. The predicted octanol–water partition coefficient (Wildman–Crippen LogP) is 2.55. The van der Waals surface area contributed by atoms with Gasteiger partial charge in [0.25, 0.3) is 0 Å². The molecular formula is C19H21FN2O3. The van der Waals surface area contributed by atoms with E-state index in [2.05, 4.69) is 9.80 Å². The van der Waals surface area contributed by atoms with Crippen molar-refractivity contribution in [3.63, 3.8) is 0 Å². The number of aromatic carboxylic acids is 1. The third-order valence-corrected chi connectivity index (χ3v) is 4.46. The number of halogens is 1. The Morgan fingerprint density at radius 2 is 1.56 bits per heavy atom. The van der Waals surface area contributed by atoms with Crippen molar-refractivity contribution < 1.29 is 19.4 Å². The maximum atomic E-state index is 13.3. The van der Waals surface area contributed by atoms with Crippen LogP contribution in [0.2, 0.25) is 0 Å². The zero-order chi connectivity index (χ0) is 17.8. The van der Waals surface area contributed by atoms with Gasteiger partial charge in [0, 0.05) is 39.3 Å². The predicted molar refractivity (Wildman–Crippen MR) is 92.0 cm³/mol. The van der Waals surface area contributed by atoms with Crippen molar-refractivity contribution in [1.29, 1.82) is 0 Å². The number of aromatic hydroxyl groups is 1. The molecule has 0 unspecified atom stereocenters. The first kappa shape index (κ1) is 17.4. The topological polar surface area (TPSA) is 64.0 Å². The summed E-state index contributed by atoms with van der Waals surface area (Å²) in [4.78, 5) is 15.6. The molecule has 0 aliphatic carbocycles. The number of rotatable bonds is 5. The number of piperazine rings is 1. The smallest absolute Gasteiger partial charge is 0.339 e. The van der Waals surface area contributed by atoms with Gasteiger partial charge >= 0.3 is 5.97 Å². The van der Waals surface area contributed by atoms with Crippen LogP contribution in [0.1, 0.15) is 21.5 Å². The lowest BCUT2D eigenvalue weighted by molar-refractivity contribution is 0.0693.